The number of aromatic nitrogens is 3. The molecule has 4 heteroatoms. The summed E-state index contributed by atoms with van der Waals surface area (Å²) in [6.45, 7) is 0. The minimum absolute atomic E-state index is 0.930. The number of benzene rings is 9. The number of hydrogen-bond donors (Lipinski definition) is 0. The van der Waals surface area contributed by atoms with Gasteiger partial charge in [-0.2, -0.15) is 0 Å². The Morgan fingerprint density at radius 3 is 0.761 bits per heavy atom. The van der Waals surface area contributed by atoms with Gasteiger partial charge in [-0.1, -0.05) is 182 Å². The topological polar surface area (TPSA) is 41.9 Å². The fraction of sp³-hybridized carbons (Fsp3) is 0. The molecule has 4 nitrogen and oxygen atoms in total. The lowest BCUT2D eigenvalue weighted by Gasteiger charge is -2.26. The molecule has 0 saturated carbocycles. The largest absolute Gasteiger partial charge is 0.311 e. The Bertz CT molecular complexity index is 3310. The maximum Gasteiger partial charge on any atom is 0.0715 e. The SMILES string of the molecule is c1ccc(-c2cc(-c3ccc(N(c4ccc(-c5cc(-c6ccccc6)c6ccccc6n5)cc4)c4ccc(-c5cc(-c6ccccc6)c6ccccc6n5)cc4)cc3)nc3ccccc23)cc1. The molecule has 0 fully saturated rings. The van der Waals surface area contributed by atoms with E-state index in [4.69, 9.17) is 15.0 Å². The first kappa shape index (κ1) is 39.6. The molecule has 0 N–H and O–H groups in total. The van der Waals surface area contributed by atoms with Crippen LogP contribution in [-0.4, -0.2) is 15.0 Å². The van der Waals surface area contributed by atoms with E-state index in [-0.39, 0.29) is 0 Å². The first-order valence-electron chi connectivity index (χ1n) is 22.7. The number of hydrogen-bond acceptors (Lipinski definition) is 4. The molecule has 3 heterocycles. The molecular weight excluding hydrogens is 813 g/mol. The first-order chi connectivity index (χ1) is 33.2. The molecule has 12 rings (SSSR count). The summed E-state index contributed by atoms with van der Waals surface area (Å²) in [5.74, 6) is 0. The average Bonchev–Trinajstić information content (AvgIpc) is 3.41. The third-order valence-electron chi connectivity index (χ3n) is 12.7. The number of anilines is 3. The van der Waals surface area contributed by atoms with E-state index in [2.05, 4.69) is 260 Å². The summed E-state index contributed by atoms with van der Waals surface area (Å²) in [5.41, 5.74) is 18.9. The zero-order chi connectivity index (χ0) is 44.5. The van der Waals surface area contributed by atoms with Crippen LogP contribution < -0.4 is 4.90 Å². The second-order valence-corrected chi connectivity index (χ2v) is 16.8. The number of nitrogens with zero attached hydrogens (tertiary/aromatic N) is 4. The monoisotopic (exact) mass is 854 g/mol. The Morgan fingerprint density at radius 1 is 0.224 bits per heavy atom. The van der Waals surface area contributed by atoms with Crippen molar-refractivity contribution in [2.75, 3.05) is 4.90 Å². The molecule has 67 heavy (non-hydrogen) atoms. The standard InChI is InChI=1S/C63H42N4/c1-4-16-43(17-5-1)55-40-61(64-58-25-13-10-22-52(55)58)46-28-34-49(35-29-46)67(50-36-30-47(31-37-50)62-41-56(44-18-6-2-7-19-44)53-23-11-14-26-59(53)65-62)51-38-32-48(33-39-51)63-42-57(45-20-8-3-9-21-45)54-24-12-15-27-60(54)66-63/h1-42H. The summed E-state index contributed by atoms with van der Waals surface area (Å²) < 4.78 is 0. The van der Waals surface area contributed by atoms with Crippen LogP contribution in [0, 0.1) is 0 Å². The average molecular weight is 855 g/mol. The van der Waals surface area contributed by atoms with Crippen LogP contribution in [0.5, 0.6) is 0 Å². The van der Waals surface area contributed by atoms with E-state index < -0.39 is 0 Å². The molecule has 0 atom stereocenters. The highest BCUT2D eigenvalue weighted by Crippen LogP contribution is 2.40. The van der Waals surface area contributed by atoms with Crippen molar-refractivity contribution in [1.82, 2.24) is 15.0 Å². The molecule has 314 valence electrons. The van der Waals surface area contributed by atoms with E-state index >= 15 is 0 Å². The Kier molecular flexibility index (Phi) is 10.2. The fourth-order valence-corrected chi connectivity index (χ4v) is 9.33. The highest BCUT2D eigenvalue weighted by atomic mass is 15.1. The molecule has 0 bridgehead atoms. The van der Waals surface area contributed by atoms with Gasteiger partial charge in [-0.15, -0.1) is 0 Å². The third kappa shape index (κ3) is 7.67. The van der Waals surface area contributed by atoms with Crippen molar-refractivity contribution in [1.29, 1.82) is 0 Å². The van der Waals surface area contributed by atoms with Gasteiger partial charge in [0.05, 0.1) is 33.6 Å². The number of fused-ring (bicyclic) bond motifs is 3. The Labute approximate surface area is 389 Å². The predicted molar refractivity (Wildman–Crippen MR) is 280 cm³/mol. The predicted octanol–water partition coefficient (Wildman–Crippen LogP) is 16.8. The Balaban J connectivity index is 0.948. The molecular formula is C63H42N4. The minimum atomic E-state index is 0.930. The number of rotatable bonds is 9. The normalized spacial score (nSPS) is 11.3. The highest BCUT2D eigenvalue weighted by molar-refractivity contribution is 5.99. The molecule has 0 spiro atoms. The van der Waals surface area contributed by atoms with Crippen molar-refractivity contribution >= 4 is 49.8 Å². The molecule has 0 aliphatic rings. The summed E-state index contributed by atoms with van der Waals surface area (Å²) in [6, 6.07) is 89.9. The van der Waals surface area contributed by atoms with Crippen LogP contribution in [0.4, 0.5) is 17.1 Å². The van der Waals surface area contributed by atoms with Crippen molar-refractivity contribution in [3.63, 3.8) is 0 Å². The van der Waals surface area contributed by atoms with Crippen molar-refractivity contribution in [3.05, 3.63) is 255 Å². The van der Waals surface area contributed by atoms with E-state index in [9.17, 15) is 0 Å². The summed E-state index contributed by atoms with van der Waals surface area (Å²) in [7, 11) is 0. The summed E-state index contributed by atoms with van der Waals surface area (Å²) >= 11 is 0. The van der Waals surface area contributed by atoms with Gasteiger partial charge in [0.1, 0.15) is 0 Å². The highest BCUT2D eigenvalue weighted by Gasteiger charge is 2.17. The lowest BCUT2D eigenvalue weighted by molar-refractivity contribution is 1.28. The van der Waals surface area contributed by atoms with Crippen LogP contribution in [0.15, 0.2) is 255 Å². The Morgan fingerprint density at radius 2 is 0.478 bits per heavy atom. The Hall–Kier alpha value is -8.99. The molecule has 0 unspecified atom stereocenters. The molecule has 0 amide bonds. The fourth-order valence-electron chi connectivity index (χ4n) is 9.33. The van der Waals surface area contributed by atoms with Crippen LogP contribution >= 0.6 is 0 Å². The van der Waals surface area contributed by atoms with Crippen LogP contribution in [-0.2, 0) is 0 Å². The lowest BCUT2D eigenvalue weighted by atomic mass is 9.98. The van der Waals surface area contributed by atoms with Crippen molar-refractivity contribution < 1.29 is 0 Å². The van der Waals surface area contributed by atoms with Gasteiger partial charge in [0.15, 0.2) is 0 Å². The van der Waals surface area contributed by atoms with Crippen molar-refractivity contribution in [2.45, 2.75) is 0 Å². The quantitative estimate of drug-likeness (QED) is 0.145. The first-order valence-corrected chi connectivity index (χ1v) is 22.7. The van der Waals surface area contributed by atoms with Crippen LogP contribution in [0.1, 0.15) is 0 Å². The van der Waals surface area contributed by atoms with E-state index in [1.165, 1.54) is 33.4 Å². The maximum absolute atomic E-state index is 5.16. The minimum Gasteiger partial charge on any atom is -0.311 e. The zero-order valence-electron chi connectivity index (χ0n) is 36.5. The van der Waals surface area contributed by atoms with Gasteiger partial charge in [0, 0.05) is 49.9 Å². The van der Waals surface area contributed by atoms with E-state index in [1.807, 2.05) is 0 Å². The lowest BCUT2D eigenvalue weighted by Crippen LogP contribution is -2.10. The van der Waals surface area contributed by atoms with Crippen molar-refractivity contribution in [2.24, 2.45) is 0 Å². The number of para-hydroxylation sites is 3. The summed E-state index contributed by atoms with van der Waals surface area (Å²) in [4.78, 5) is 17.8. The van der Waals surface area contributed by atoms with Gasteiger partial charge >= 0.3 is 0 Å². The van der Waals surface area contributed by atoms with Gasteiger partial charge in [-0.05, 0) is 106 Å². The second kappa shape index (κ2) is 17.2. The second-order valence-electron chi connectivity index (χ2n) is 16.8. The van der Waals surface area contributed by atoms with Gasteiger partial charge in [-0.25, -0.2) is 15.0 Å². The molecule has 0 saturated heterocycles. The van der Waals surface area contributed by atoms with E-state index in [0.29, 0.717) is 0 Å². The molecule has 9 aromatic carbocycles. The van der Waals surface area contributed by atoms with Gasteiger partial charge in [0.25, 0.3) is 0 Å². The molecule has 12 aromatic rings. The molecule has 0 radical (unpaired) electrons. The van der Waals surface area contributed by atoms with Crippen LogP contribution in [0.2, 0.25) is 0 Å². The van der Waals surface area contributed by atoms with Gasteiger partial charge in [0.2, 0.25) is 0 Å². The smallest absolute Gasteiger partial charge is 0.0715 e. The van der Waals surface area contributed by atoms with Crippen LogP contribution in [0.25, 0.3) is 99.9 Å². The molecule has 0 aliphatic carbocycles. The molecule has 0 aliphatic heterocycles. The van der Waals surface area contributed by atoms with Gasteiger partial charge < -0.3 is 4.90 Å². The van der Waals surface area contributed by atoms with Gasteiger partial charge in [-0.3, -0.25) is 0 Å². The maximum atomic E-state index is 5.16. The van der Waals surface area contributed by atoms with Crippen molar-refractivity contribution in [3.8, 4) is 67.2 Å². The third-order valence-corrected chi connectivity index (χ3v) is 12.7. The number of pyridine rings is 3. The summed E-state index contributed by atoms with van der Waals surface area (Å²) in [5, 5.41) is 3.41. The van der Waals surface area contributed by atoms with Crippen LogP contribution in [0.3, 0.4) is 0 Å². The molecule has 3 aromatic heterocycles. The zero-order valence-corrected chi connectivity index (χ0v) is 36.5. The summed E-state index contributed by atoms with van der Waals surface area (Å²) in [6.07, 6.45) is 0. The van der Waals surface area contributed by atoms with E-state index in [0.717, 1.165) is 83.5 Å². The van der Waals surface area contributed by atoms with E-state index in [1.54, 1.807) is 0 Å².